The number of aliphatic hydroxyl groups is 1. The zero-order chi connectivity index (χ0) is 35.6. The molecule has 256 valence electrons. The van der Waals surface area contributed by atoms with Crippen molar-refractivity contribution in [3.05, 3.63) is 95.1 Å². The molecule has 1 N–H and O–H groups in total. The van der Waals surface area contributed by atoms with Crippen LogP contribution in [0.15, 0.2) is 72.8 Å². The Hall–Kier alpha value is -5.75. The molecule has 0 aliphatic heterocycles. The number of aliphatic hydroxyl groups excluding tert-OH is 1. The Labute approximate surface area is 279 Å². The van der Waals surface area contributed by atoms with Gasteiger partial charge in [0.1, 0.15) is 64.7 Å². The summed E-state index contributed by atoms with van der Waals surface area (Å²) in [4.78, 5) is 33.5. The van der Waals surface area contributed by atoms with Crippen LogP contribution in [0.25, 0.3) is 0 Å². The van der Waals surface area contributed by atoms with Crippen molar-refractivity contribution in [3.63, 3.8) is 0 Å². The molecule has 0 heterocycles. The van der Waals surface area contributed by atoms with Crippen molar-refractivity contribution < 1.29 is 57.4 Å². The molecule has 4 aromatic rings. The Kier molecular flexibility index (Phi) is 15.8. The SMILES string of the molecule is COc1cc(C=O)cc(OC)c1.COc1cc(C=O)cc(OC)c1.COc1cc(OC)cc(C(=O)C(O)c2cc(OC)cc(OC)c2)c1. The molecule has 0 amide bonds. The van der Waals surface area contributed by atoms with Gasteiger partial charge in [0.05, 0.1) is 56.9 Å². The van der Waals surface area contributed by atoms with Crippen LogP contribution < -0.4 is 37.9 Å². The van der Waals surface area contributed by atoms with E-state index in [0.29, 0.717) is 62.7 Å². The van der Waals surface area contributed by atoms with Crippen molar-refractivity contribution in [2.24, 2.45) is 0 Å². The number of carbonyl (C=O) groups is 3. The summed E-state index contributed by atoms with van der Waals surface area (Å²) >= 11 is 0. The Morgan fingerprint density at radius 1 is 0.458 bits per heavy atom. The van der Waals surface area contributed by atoms with Gasteiger partial charge in [-0.1, -0.05) is 0 Å². The summed E-state index contributed by atoms with van der Waals surface area (Å²) in [5.74, 6) is 3.91. The zero-order valence-electron chi connectivity index (χ0n) is 28.1. The highest BCUT2D eigenvalue weighted by Crippen LogP contribution is 2.30. The van der Waals surface area contributed by atoms with Gasteiger partial charge in [0.15, 0.2) is 5.78 Å². The first kappa shape index (κ1) is 38.4. The number of carbonyl (C=O) groups excluding carboxylic acids is 3. The van der Waals surface area contributed by atoms with Crippen LogP contribution in [-0.2, 0) is 0 Å². The first-order valence-electron chi connectivity index (χ1n) is 14.2. The maximum atomic E-state index is 12.6. The van der Waals surface area contributed by atoms with Crippen LogP contribution in [0.3, 0.4) is 0 Å². The quantitative estimate of drug-likeness (QED) is 0.139. The van der Waals surface area contributed by atoms with Crippen LogP contribution in [-0.4, -0.2) is 80.3 Å². The van der Waals surface area contributed by atoms with Gasteiger partial charge in [0.25, 0.3) is 0 Å². The van der Waals surface area contributed by atoms with Gasteiger partial charge >= 0.3 is 0 Å². The van der Waals surface area contributed by atoms with Gasteiger partial charge in [-0.15, -0.1) is 0 Å². The lowest BCUT2D eigenvalue weighted by Crippen LogP contribution is -2.13. The third kappa shape index (κ3) is 11.2. The molecule has 4 aromatic carbocycles. The number of rotatable bonds is 13. The minimum atomic E-state index is -1.37. The number of methoxy groups -OCH3 is 8. The van der Waals surface area contributed by atoms with Crippen LogP contribution in [0.2, 0.25) is 0 Å². The fourth-order valence-corrected chi connectivity index (χ4v) is 4.04. The van der Waals surface area contributed by atoms with Gasteiger partial charge in [-0.25, -0.2) is 0 Å². The molecule has 0 radical (unpaired) electrons. The van der Waals surface area contributed by atoms with Crippen LogP contribution in [0, 0.1) is 0 Å². The highest BCUT2D eigenvalue weighted by Gasteiger charge is 2.22. The molecule has 0 bridgehead atoms. The average Bonchev–Trinajstić information content (AvgIpc) is 3.16. The predicted octanol–water partition coefficient (Wildman–Crippen LogP) is 5.67. The monoisotopic (exact) mass is 664 g/mol. The van der Waals surface area contributed by atoms with E-state index in [2.05, 4.69) is 0 Å². The Balaban J connectivity index is 0.000000279. The van der Waals surface area contributed by atoms with Crippen molar-refractivity contribution >= 4 is 18.4 Å². The summed E-state index contributed by atoms with van der Waals surface area (Å²) in [6, 6.07) is 19.6. The van der Waals surface area contributed by atoms with Crippen molar-refractivity contribution in [2.45, 2.75) is 6.10 Å². The number of hydrogen-bond acceptors (Lipinski definition) is 12. The lowest BCUT2D eigenvalue weighted by molar-refractivity contribution is 0.0746. The minimum absolute atomic E-state index is 0.278. The minimum Gasteiger partial charge on any atom is -0.497 e. The second-order valence-electron chi connectivity index (χ2n) is 9.54. The van der Waals surface area contributed by atoms with E-state index < -0.39 is 11.9 Å². The third-order valence-electron chi connectivity index (χ3n) is 6.59. The standard InChI is InChI=1S/C18H20O6.2C9H10O3/c1-21-13-5-11(6-14(9-13)22-2)17(19)18(20)12-7-15(23-3)10-16(8-12)24-4;2*1-11-8-3-7(6-10)4-9(5-8)12-2/h5-10,17,19H,1-4H3;2*3-6H,1-2H3. The molecule has 12 heteroatoms. The summed E-state index contributed by atoms with van der Waals surface area (Å²) in [6.07, 6.45) is 0.140. The van der Waals surface area contributed by atoms with E-state index in [1.165, 1.54) is 28.4 Å². The fourth-order valence-electron chi connectivity index (χ4n) is 4.04. The normalized spacial score (nSPS) is 10.4. The second-order valence-corrected chi connectivity index (χ2v) is 9.54. The molecule has 1 unspecified atom stereocenters. The smallest absolute Gasteiger partial charge is 0.196 e. The molecule has 0 saturated heterocycles. The first-order valence-corrected chi connectivity index (χ1v) is 14.2. The predicted molar refractivity (Wildman–Crippen MR) is 178 cm³/mol. The molecule has 0 aliphatic carbocycles. The third-order valence-corrected chi connectivity index (χ3v) is 6.59. The molecule has 12 nitrogen and oxygen atoms in total. The fraction of sp³-hybridized carbons (Fsp3) is 0.250. The number of benzene rings is 4. The van der Waals surface area contributed by atoms with Crippen molar-refractivity contribution in [1.29, 1.82) is 0 Å². The van der Waals surface area contributed by atoms with Gasteiger partial charge in [0, 0.05) is 41.0 Å². The summed E-state index contributed by atoms with van der Waals surface area (Å²) in [7, 11) is 12.2. The second kappa shape index (κ2) is 19.7. The molecule has 0 fully saturated rings. The van der Waals surface area contributed by atoms with Crippen molar-refractivity contribution in [3.8, 4) is 46.0 Å². The first-order chi connectivity index (χ1) is 23.1. The number of ether oxygens (including phenoxy) is 8. The molecular formula is C36H40O12. The molecule has 0 spiro atoms. The van der Waals surface area contributed by atoms with Crippen LogP contribution in [0.5, 0.6) is 46.0 Å². The molecule has 4 rings (SSSR count). The number of Topliss-reactive ketones (excluding diaryl/α,β-unsaturated/α-hetero) is 1. The highest BCUT2D eigenvalue weighted by molar-refractivity contribution is 6.00. The summed E-state index contributed by atoms with van der Waals surface area (Å²) < 4.78 is 40.5. The van der Waals surface area contributed by atoms with Gasteiger partial charge in [-0.2, -0.15) is 0 Å². The van der Waals surface area contributed by atoms with E-state index in [9.17, 15) is 19.5 Å². The van der Waals surface area contributed by atoms with E-state index in [1.807, 2.05) is 0 Å². The zero-order valence-corrected chi connectivity index (χ0v) is 28.1. The molecule has 0 saturated carbocycles. The number of ketones is 1. The summed E-state index contributed by atoms with van der Waals surface area (Å²) in [6.45, 7) is 0. The topological polar surface area (TPSA) is 145 Å². The van der Waals surface area contributed by atoms with Gasteiger partial charge < -0.3 is 43.0 Å². The Morgan fingerprint density at radius 2 is 0.708 bits per heavy atom. The van der Waals surface area contributed by atoms with Gasteiger partial charge in [-0.05, 0) is 54.1 Å². The van der Waals surface area contributed by atoms with E-state index in [-0.39, 0.29) is 5.56 Å². The number of hydrogen-bond donors (Lipinski definition) is 1. The van der Waals surface area contributed by atoms with E-state index >= 15 is 0 Å². The molecule has 0 aromatic heterocycles. The van der Waals surface area contributed by atoms with Crippen molar-refractivity contribution in [1.82, 2.24) is 0 Å². The van der Waals surface area contributed by atoms with Gasteiger partial charge in [-0.3, -0.25) is 14.4 Å². The average molecular weight is 665 g/mol. The highest BCUT2D eigenvalue weighted by atomic mass is 16.5. The van der Waals surface area contributed by atoms with E-state index in [4.69, 9.17) is 37.9 Å². The Morgan fingerprint density at radius 3 is 0.958 bits per heavy atom. The van der Waals surface area contributed by atoms with E-state index in [0.717, 1.165) is 12.6 Å². The maximum absolute atomic E-state index is 12.6. The summed E-state index contributed by atoms with van der Waals surface area (Å²) in [5, 5.41) is 10.5. The van der Waals surface area contributed by atoms with E-state index in [1.54, 1.807) is 101 Å². The van der Waals surface area contributed by atoms with Crippen molar-refractivity contribution in [2.75, 3.05) is 56.9 Å². The van der Waals surface area contributed by atoms with Gasteiger partial charge in [0.2, 0.25) is 0 Å². The molecule has 48 heavy (non-hydrogen) atoms. The molecule has 0 aliphatic rings. The molecular weight excluding hydrogens is 624 g/mol. The van der Waals surface area contributed by atoms with Crippen LogP contribution in [0.1, 0.15) is 42.7 Å². The number of aldehydes is 2. The molecule has 1 atom stereocenters. The Bertz CT molecular complexity index is 1500. The lowest BCUT2D eigenvalue weighted by atomic mass is 9.99. The van der Waals surface area contributed by atoms with Crippen LogP contribution >= 0.6 is 0 Å². The maximum Gasteiger partial charge on any atom is 0.196 e. The van der Waals surface area contributed by atoms with Crippen LogP contribution in [0.4, 0.5) is 0 Å². The summed E-state index contributed by atoms with van der Waals surface area (Å²) in [5.41, 5.74) is 1.75. The lowest BCUT2D eigenvalue weighted by Gasteiger charge is -2.14. The largest absolute Gasteiger partial charge is 0.497 e.